The molecule has 0 saturated carbocycles. The minimum absolute atomic E-state index is 0.181. The maximum atomic E-state index is 12.7. The third kappa shape index (κ3) is 4.65. The Morgan fingerprint density at radius 3 is 2.38 bits per heavy atom. The third-order valence-electron chi connectivity index (χ3n) is 5.68. The zero-order valence-electron chi connectivity index (χ0n) is 18.2. The van der Waals surface area contributed by atoms with Gasteiger partial charge in [-0.05, 0) is 57.8 Å². The number of amides is 3. The molecule has 34 heavy (non-hydrogen) atoms. The summed E-state index contributed by atoms with van der Waals surface area (Å²) in [6.45, 7) is 0.635. The molecule has 5 rings (SSSR count). The molecule has 0 atom stereocenters. The number of carbonyl (C=O) groups excluding carboxylic acids is 2. The maximum Gasteiger partial charge on any atom is 0.329 e. The molecule has 0 aliphatic carbocycles. The molecular formula is C28H21ClN2O3. The van der Waals surface area contributed by atoms with Gasteiger partial charge in [-0.2, -0.15) is 0 Å². The number of imide groups is 1. The number of ether oxygens (including phenoxy) is 1. The molecule has 0 aromatic heterocycles. The second-order valence-electron chi connectivity index (χ2n) is 8.00. The molecular weight excluding hydrogens is 448 g/mol. The van der Waals surface area contributed by atoms with E-state index >= 15 is 0 Å². The molecule has 0 unspecified atom stereocenters. The second-order valence-corrected chi connectivity index (χ2v) is 8.44. The van der Waals surface area contributed by atoms with Crippen LogP contribution >= 0.6 is 11.6 Å². The second kappa shape index (κ2) is 9.41. The lowest BCUT2D eigenvalue weighted by molar-refractivity contribution is -0.123. The summed E-state index contributed by atoms with van der Waals surface area (Å²) in [6.07, 6.45) is 1.66. The Morgan fingerprint density at radius 2 is 1.59 bits per heavy atom. The molecule has 1 aliphatic heterocycles. The number of nitrogens with one attached hydrogen (secondary N) is 1. The summed E-state index contributed by atoms with van der Waals surface area (Å²) in [5.74, 6) is 0.359. The van der Waals surface area contributed by atoms with Crippen LogP contribution < -0.4 is 10.1 Å². The van der Waals surface area contributed by atoms with Crippen LogP contribution in [0, 0.1) is 0 Å². The molecule has 4 aromatic carbocycles. The smallest absolute Gasteiger partial charge is 0.329 e. The number of hydrogen-bond donors (Lipinski definition) is 1. The van der Waals surface area contributed by atoms with Crippen LogP contribution in [0.1, 0.15) is 16.7 Å². The van der Waals surface area contributed by atoms with Gasteiger partial charge in [-0.25, -0.2) is 4.79 Å². The average molecular weight is 469 g/mol. The first-order valence-corrected chi connectivity index (χ1v) is 11.2. The fourth-order valence-corrected chi connectivity index (χ4v) is 4.02. The molecule has 1 fully saturated rings. The number of urea groups is 1. The van der Waals surface area contributed by atoms with Gasteiger partial charge in [0.25, 0.3) is 5.91 Å². The first kappa shape index (κ1) is 21.7. The first-order valence-electron chi connectivity index (χ1n) is 10.9. The minimum Gasteiger partial charge on any atom is -0.489 e. The topological polar surface area (TPSA) is 58.6 Å². The molecule has 1 aliphatic rings. The minimum atomic E-state index is -0.443. The maximum absolute atomic E-state index is 12.7. The number of rotatable bonds is 6. The summed E-state index contributed by atoms with van der Waals surface area (Å²) in [5, 5.41) is 5.61. The van der Waals surface area contributed by atoms with E-state index in [0.29, 0.717) is 11.6 Å². The van der Waals surface area contributed by atoms with Crippen molar-refractivity contribution in [1.82, 2.24) is 10.2 Å². The van der Waals surface area contributed by atoms with Crippen LogP contribution in [0.2, 0.25) is 5.02 Å². The van der Waals surface area contributed by atoms with Crippen LogP contribution in [0.5, 0.6) is 5.75 Å². The lowest BCUT2D eigenvalue weighted by atomic mass is 10.1. The van der Waals surface area contributed by atoms with Gasteiger partial charge in [0.2, 0.25) is 0 Å². The van der Waals surface area contributed by atoms with Gasteiger partial charge in [-0.15, -0.1) is 0 Å². The fraction of sp³-hybridized carbons (Fsp3) is 0.0714. The van der Waals surface area contributed by atoms with Gasteiger partial charge in [0, 0.05) is 5.02 Å². The Kier molecular flexibility index (Phi) is 6.02. The highest BCUT2D eigenvalue weighted by Crippen LogP contribution is 2.22. The highest BCUT2D eigenvalue weighted by Gasteiger charge is 2.33. The van der Waals surface area contributed by atoms with Gasteiger partial charge < -0.3 is 10.1 Å². The summed E-state index contributed by atoms with van der Waals surface area (Å²) < 4.78 is 5.98. The van der Waals surface area contributed by atoms with E-state index in [-0.39, 0.29) is 18.1 Å². The van der Waals surface area contributed by atoms with E-state index in [1.807, 2.05) is 42.5 Å². The van der Waals surface area contributed by atoms with E-state index in [9.17, 15) is 9.59 Å². The van der Waals surface area contributed by atoms with Gasteiger partial charge in [-0.1, -0.05) is 78.3 Å². The molecule has 1 N–H and O–H groups in total. The normalized spacial score (nSPS) is 14.6. The summed E-state index contributed by atoms with van der Waals surface area (Å²) in [6, 6.07) is 28.4. The predicted molar refractivity (Wildman–Crippen MR) is 133 cm³/mol. The molecule has 0 radical (unpaired) electrons. The van der Waals surface area contributed by atoms with Crippen LogP contribution in [0.25, 0.3) is 16.8 Å². The van der Waals surface area contributed by atoms with Crippen LogP contribution in [0.4, 0.5) is 4.79 Å². The van der Waals surface area contributed by atoms with Gasteiger partial charge in [0.1, 0.15) is 18.1 Å². The lowest BCUT2D eigenvalue weighted by Gasteiger charge is -2.11. The van der Waals surface area contributed by atoms with Crippen molar-refractivity contribution in [1.29, 1.82) is 0 Å². The summed E-state index contributed by atoms with van der Waals surface area (Å²) in [5.41, 5.74) is 2.96. The van der Waals surface area contributed by atoms with E-state index in [1.54, 1.807) is 30.3 Å². The van der Waals surface area contributed by atoms with Gasteiger partial charge in [-0.3, -0.25) is 9.69 Å². The van der Waals surface area contributed by atoms with Crippen molar-refractivity contribution < 1.29 is 14.3 Å². The monoisotopic (exact) mass is 468 g/mol. The van der Waals surface area contributed by atoms with Crippen LogP contribution in [-0.4, -0.2) is 16.8 Å². The van der Waals surface area contributed by atoms with Crippen molar-refractivity contribution in [2.45, 2.75) is 13.2 Å². The van der Waals surface area contributed by atoms with Crippen molar-refractivity contribution in [3.8, 4) is 5.75 Å². The first-order chi connectivity index (χ1) is 16.6. The largest absolute Gasteiger partial charge is 0.489 e. The third-order valence-corrected chi connectivity index (χ3v) is 5.93. The average Bonchev–Trinajstić information content (AvgIpc) is 3.12. The number of benzene rings is 4. The zero-order chi connectivity index (χ0) is 23.5. The molecule has 3 amide bonds. The van der Waals surface area contributed by atoms with E-state index in [2.05, 4.69) is 29.6 Å². The molecule has 6 heteroatoms. The molecule has 1 saturated heterocycles. The van der Waals surface area contributed by atoms with Crippen molar-refractivity contribution in [2.75, 3.05) is 0 Å². The Bertz CT molecular complexity index is 1390. The van der Waals surface area contributed by atoms with Crippen LogP contribution in [0.3, 0.4) is 0 Å². The summed E-state index contributed by atoms with van der Waals surface area (Å²) >= 11 is 5.91. The van der Waals surface area contributed by atoms with Gasteiger partial charge >= 0.3 is 6.03 Å². The lowest BCUT2D eigenvalue weighted by Crippen LogP contribution is -2.30. The van der Waals surface area contributed by atoms with Crippen LogP contribution in [-0.2, 0) is 17.9 Å². The number of nitrogens with zero attached hydrogens (tertiary/aromatic N) is 1. The molecule has 4 aromatic rings. The highest BCUT2D eigenvalue weighted by molar-refractivity contribution is 6.30. The molecule has 1 heterocycles. The summed E-state index contributed by atoms with van der Waals surface area (Å²) in [4.78, 5) is 26.3. The number of hydrogen-bond acceptors (Lipinski definition) is 3. The van der Waals surface area contributed by atoms with Crippen molar-refractivity contribution in [3.05, 3.63) is 118 Å². The predicted octanol–water partition coefficient (Wildman–Crippen LogP) is 6.17. The molecule has 0 spiro atoms. The van der Waals surface area contributed by atoms with E-state index in [1.165, 1.54) is 15.7 Å². The molecule has 5 nitrogen and oxygen atoms in total. The van der Waals surface area contributed by atoms with E-state index in [4.69, 9.17) is 16.3 Å². The Labute approximate surface area is 202 Å². The Morgan fingerprint density at radius 1 is 0.853 bits per heavy atom. The Hall–Kier alpha value is -4.09. The standard InChI is InChI=1S/C28H21ClN2O3/c29-23-12-8-20(9-13-23)17-31-27(32)26(30-28(31)33)16-19-10-14-24(15-11-19)34-18-22-6-3-5-21-4-1-2-7-25(21)22/h1-16H,17-18H2,(H,30,33)/b26-16-. The van der Waals surface area contributed by atoms with Crippen molar-refractivity contribution in [2.24, 2.45) is 0 Å². The van der Waals surface area contributed by atoms with Crippen LogP contribution in [0.15, 0.2) is 96.7 Å². The fourth-order valence-electron chi connectivity index (χ4n) is 3.89. The molecule has 0 bridgehead atoms. The van der Waals surface area contributed by atoms with Crippen molar-refractivity contribution >= 4 is 40.4 Å². The highest BCUT2D eigenvalue weighted by atomic mass is 35.5. The quantitative estimate of drug-likeness (QED) is 0.272. The van der Waals surface area contributed by atoms with Gasteiger partial charge in [0.15, 0.2) is 0 Å². The number of halogens is 1. The Balaban J connectivity index is 1.25. The zero-order valence-corrected chi connectivity index (χ0v) is 19.0. The number of carbonyl (C=O) groups is 2. The molecule has 168 valence electrons. The SMILES string of the molecule is O=C1N/C(=C\c2ccc(OCc3cccc4ccccc34)cc2)C(=O)N1Cc1ccc(Cl)cc1. The van der Waals surface area contributed by atoms with E-state index < -0.39 is 6.03 Å². The van der Waals surface area contributed by atoms with Crippen molar-refractivity contribution in [3.63, 3.8) is 0 Å². The van der Waals surface area contributed by atoms with E-state index in [0.717, 1.165) is 22.4 Å². The number of fused-ring (bicyclic) bond motifs is 1. The summed E-state index contributed by atoms with van der Waals surface area (Å²) in [7, 11) is 0. The van der Waals surface area contributed by atoms with Gasteiger partial charge in [0.05, 0.1) is 6.54 Å².